The molecule has 1 aromatic rings. The summed E-state index contributed by atoms with van der Waals surface area (Å²) in [5, 5.41) is -0.550. The third-order valence-electron chi connectivity index (χ3n) is 3.90. The number of nitrogens with one attached hydrogen (secondary N) is 1. The zero-order valence-corrected chi connectivity index (χ0v) is 16.1. The Balaban J connectivity index is 2.29. The van der Waals surface area contributed by atoms with Crippen molar-refractivity contribution in [2.75, 3.05) is 21.3 Å². The Morgan fingerprint density at radius 1 is 1.19 bits per heavy atom. The van der Waals surface area contributed by atoms with Gasteiger partial charge in [-0.1, -0.05) is 0 Å². The molecule has 1 aliphatic rings. The summed E-state index contributed by atoms with van der Waals surface area (Å²) in [6.45, 7) is 3.16. The molecule has 1 atom stereocenters. The number of hydrogen-bond donors (Lipinski definition) is 1. The van der Waals surface area contributed by atoms with E-state index in [4.69, 9.17) is 18.9 Å². The number of ether oxygens (including phenoxy) is 4. The van der Waals surface area contributed by atoms with Gasteiger partial charge in [0.15, 0.2) is 0 Å². The Hall–Kier alpha value is -2.14. The fraction of sp³-hybridized carbons (Fsp3) is 0.667. The van der Waals surface area contributed by atoms with Crippen molar-refractivity contribution in [2.45, 2.75) is 43.6 Å². The molecule has 146 valence electrons. The van der Waals surface area contributed by atoms with Crippen LogP contribution in [0.3, 0.4) is 0 Å². The normalized spacial score (nSPS) is 15.9. The van der Waals surface area contributed by atoms with Gasteiger partial charge >= 0.3 is 6.01 Å². The van der Waals surface area contributed by atoms with E-state index in [1.165, 1.54) is 27.4 Å². The number of carbonyl (C=O) groups is 1. The van der Waals surface area contributed by atoms with Gasteiger partial charge in [-0.25, -0.2) is 13.1 Å². The van der Waals surface area contributed by atoms with Crippen molar-refractivity contribution in [1.82, 2.24) is 14.7 Å². The predicted octanol–water partition coefficient (Wildman–Crippen LogP) is 0.275. The van der Waals surface area contributed by atoms with E-state index < -0.39 is 32.9 Å². The largest absolute Gasteiger partial charge is 0.481 e. The lowest BCUT2D eigenvalue weighted by Crippen LogP contribution is -2.54. The van der Waals surface area contributed by atoms with E-state index in [9.17, 15) is 13.2 Å². The number of nitrogens with zero attached hydrogens (tertiary/aromatic N) is 2. The highest BCUT2D eigenvalue weighted by atomic mass is 32.2. The van der Waals surface area contributed by atoms with Gasteiger partial charge < -0.3 is 18.9 Å². The zero-order valence-electron chi connectivity index (χ0n) is 15.3. The minimum atomic E-state index is -3.74. The molecule has 0 saturated heterocycles. The molecule has 10 nitrogen and oxygen atoms in total. The van der Waals surface area contributed by atoms with Crippen LogP contribution < -0.4 is 18.9 Å². The van der Waals surface area contributed by atoms with Gasteiger partial charge in [-0.05, 0) is 26.7 Å². The quantitative estimate of drug-likeness (QED) is 0.633. The summed E-state index contributed by atoms with van der Waals surface area (Å²) in [5.41, 5.74) is -1.16. The van der Waals surface area contributed by atoms with Crippen LogP contribution in [0.5, 0.6) is 17.8 Å². The van der Waals surface area contributed by atoms with Gasteiger partial charge in [-0.3, -0.25) is 4.79 Å². The topological polar surface area (TPSA) is 126 Å². The maximum Gasteiger partial charge on any atom is 0.323 e. The summed E-state index contributed by atoms with van der Waals surface area (Å²) in [4.78, 5) is 20.6. The van der Waals surface area contributed by atoms with Gasteiger partial charge in [0.2, 0.25) is 27.9 Å². The van der Waals surface area contributed by atoms with Crippen LogP contribution in [-0.2, 0) is 19.6 Å². The molecule has 1 amide bonds. The van der Waals surface area contributed by atoms with Gasteiger partial charge in [0.25, 0.3) is 5.91 Å². The van der Waals surface area contributed by atoms with Gasteiger partial charge in [0, 0.05) is 7.11 Å². The van der Waals surface area contributed by atoms with E-state index in [1.807, 2.05) is 4.72 Å². The summed E-state index contributed by atoms with van der Waals surface area (Å²) in [6.07, 6.45) is -0.284. The highest BCUT2D eigenvalue weighted by Gasteiger charge is 2.43. The minimum Gasteiger partial charge on any atom is -0.481 e. The molecule has 1 heterocycles. The molecule has 0 spiro atoms. The fourth-order valence-corrected chi connectivity index (χ4v) is 3.34. The number of aromatic nitrogens is 2. The first-order valence-corrected chi connectivity index (χ1v) is 9.42. The first kappa shape index (κ1) is 20.2. The van der Waals surface area contributed by atoms with Gasteiger partial charge in [0.1, 0.15) is 5.60 Å². The van der Waals surface area contributed by atoms with Crippen LogP contribution in [0.4, 0.5) is 0 Å². The van der Waals surface area contributed by atoms with Gasteiger partial charge in [0.05, 0.1) is 25.5 Å². The number of sulfonamides is 1. The van der Waals surface area contributed by atoms with Gasteiger partial charge in [-0.2, -0.15) is 9.97 Å². The third-order valence-corrected chi connectivity index (χ3v) is 5.74. The molecule has 1 aliphatic carbocycles. The first-order valence-electron chi connectivity index (χ1n) is 7.87. The molecule has 11 heteroatoms. The molecular weight excluding hydrogens is 366 g/mol. The molecular formula is C15H23N3O7S. The monoisotopic (exact) mass is 389 g/mol. The number of amides is 1. The average Bonchev–Trinajstić information content (AvgIpc) is 3.44. The molecule has 1 N–H and O–H groups in total. The maximum absolute atomic E-state index is 12.6. The Kier molecular flexibility index (Phi) is 5.91. The Morgan fingerprint density at radius 3 is 2.15 bits per heavy atom. The van der Waals surface area contributed by atoms with E-state index in [0.29, 0.717) is 12.8 Å². The van der Waals surface area contributed by atoms with Crippen molar-refractivity contribution < 1.29 is 32.2 Å². The highest BCUT2D eigenvalue weighted by molar-refractivity contribution is 7.90. The predicted molar refractivity (Wildman–Crippen MR) is 90.7 cm³/mol. The summed E-state index contributed by atoms with van der Waals surface area (Å²) in [5.74, 6) is -0.548. The smallest absolute Gasteiger partial charge is 0.323 e. The molecule has 1 fully saturated rings. The van der Waals surface area contributed by atoms with Crippen LogP contribution in [0.1, 0.15) is 26.7 Å². The van der Waals surface area contributed by atoms with Gasteiger partial charge in [-0.15, -0.1) is 0 Å². The van der Waals surface area contributed by atoms with E-state index in [-0.39, 0.29) is 17.8 Å². The van der Waals surface area contributed by atoms with Crippen molar-refractivity contribution in [3.63, 3.8) is 0 Å². The molecule has 0 aliphatic heterocycles. The summed E-state index contributed by atoms with van der Waals surface area (Å²) in [6, 6.07) is 1.22. The molecule has 0 radical (unpaired) electrons. The second kappa shape index (κ2) is 7.62. The Bertz CT molecular complexity index is 740. The van der Waals surface area contributed by atoms with Crippen molar-refractivity contribution >= 4 is 15.9 Å². The first-order chi connectivity index (χ1) is 12.1. The molecule has 26 heavy (non-hydrogen) atoms. The second-order valence-electron chi connectivity index (χ2n) is 6.25. The lowest BCUT2D eigenvalue weighted by Gasteiger charge is -2.31. The lowest BCUT2D eigenvalue weighted by atomic mass is 10.0. The van der Waals surface area contributed by atoms with Crippen molar-refractivity contribution in [3.05, 3.63) is 6.07 Å². The van der Waals surface area contributed by atoms with Crippen LogP contribution >= 0.6 is 0 Å². The fourth-order valence-electron chi connectivity index (χ4n) is 2.02. The molecule has 1 unspecified atom stereocenters. The highest BCUT2D eigenvalue weighted by Crippen LogP contribution is 2.28. The van der Waals surface area contributed by atoms with E-state index in [0.717, 1.165) is 0 Å². The lowest BCUT2D eigenvalue weighted by molar-refractivity contribution is -0.141. The molecule has 1 saturated carbocycles. The van der Waals surface area contributed by atoms with Crippen molar-refractivity contribution in [1.29, 1.82) is 0 Å². The second-order valence-corrected chi connectivity index (χ2v) is 8.21. The average molecular weight is 389 g/mol. The van der Waals surface area contributed by atoms with Crippen molar-refractivity contribution in [2.24, 2.45) is 0 Å². The zero-order chi connectivity index (χ0) is 19.5. The van der Waals surface area contributed by atoms with Crippen molar-refractivity contribution in [3.8, 4) is 17.8 Å². The van der Waals surface area contributed by atoms with E-state index in [1.54, 1.807) is 13.8 Å². The maximum atomic E-state index is 12.6. The number of hydrogen-bond acceptors (Lipinski definition) is 9. The SMILES string of the molecule is COc1cc(OC)nc(OC(C(=O)NS(=O)(=O)C2CC2)C(C)(C)OC)n1. The van der Waals surface area contributed by atoms with E-state index in [2.05, 4.69) is 9.97 Å². The van der Waals surface area contributed by atoms with E-state index >= 15 is 0 Å². The van der Waals surface area contributed by atoms with Crippen LogP contribution in [0.2, 0.25) is 0 Å². The summed E-state index contributed by atoms with van der Waals surface area (Å²) < 4.78 is 47.1. The molecule has 1 aromatic heterocycles. The third kappa shape index (κ3) is 4.73. The minimum absolute atomic E-state index is 0.159. The molecule has 0 bridgehead atoms. The number of rotatable bonds is 9. The Morgan fingerprint density at radius 2 is 1.73 bits per heavy atom. The number of carbonyl (C=O) groups excluding carboxylic acids is 1. The standard InChI is InChI=1S/C15H23N3O7S/c1-15(2,24-5)12(13(19)18-26(20,21)9-6-7-9)25-14-16-10(22-3)8-11(17-14)23-4/h8-9,12H,6-7H2,1-5H3,(H,18,19). The molecule has 2 rings (SSSR count). The Labute approximate surface area is 152 Å². The van der Waals surface area contributed by atoms with Crippen LogP contribution in [0, 0.1) is 0 Å². The molecule has 0 aromatic carbocycles. The van der Waals surface area contributed by atoms with Crippen LogP contribution in [0.25, 0.3) is 0 Å². The summed E-state index contributed by atoms with van der Waals surface area (Å²) in [7, 11) is 0.438. The van der Waals surface area contributed by atoms with Crippen LogP contribution in [-0.4, -0.2) is 62.6 Å². The summed E-state index contributed by atoms with van der Waals surface area (Å²) >= 11 is 0. The number of methoxy groups -OCH3 is 3. The van der Waals surface area contributed by atoms with Crippen LogP contribution in [0.15, 0.2) is 6.07 Å².